The third kappa shape index (κ3) is 5.97. The van der Waals surface area contributed by atoms with Gasteiger partial charge in [0, 0.05) is 6.42 Å². The third-order valence-corrected chi connectivity index (χ3v) is 4.42. The molecule has 1 N–H and O–H groups in total. The van der Waals surface area contributed by atoms with E-state index in [0.29, 0.717) is 24.3 Å². The van der Waals surface area contributed by atoms with Crippen molar-refractivity contribution in [3.63, 3.8) is 0 Å². The lowest BCUT2D eigenvalue weighted by Gasteiger charge is -2.11. The van der Waals surface area contributed by atoms with E-state index in [1.165, 1.54) is 12.1 Å². The Labute approximate surface area is 162 Å². The number of benzene rings is 2. The molecule has 0 radical (unpaired) electrons. The molecule has 1 atom stereocenters. The zero-order chi connectivity index (χ0) is 18.6. The normalized spacial score (nSPS) is 16.6. The van der Waals surface area contributed by atoms with Crippen molar-refractivity contribution < 1.29 is 22.7 Å². The van der Waals surface area contributed by atoms with Gasteiger partial charge in [0.1, 0.15) is 17.3 Å². The lowest BCUT2D eigenvalue weighted by molar-refractivity contribution is -0.137. The maximum absolute atomic E-state index is 12.6. The van der Waals surface area contributed by atoms with Gasteiger partial charge in [-0.05, 0) is 67.8 Å². The van der Waals surface area contributed by atoms with Crippen LogP contribution in [0.2, 0.25) is 0 Å². The van der Waals surface area contributed by atoms with Gasteiger partial charge in [0.25, 0.3) is 0 Å². The molecule has 1 aliphatic rings. The van der Waals surface area contributed by atoms with Gasteiger partial charge in [-0.1, -0.05) is 12.1 Å². The summed E-state index contributed by atoms with van der Waals surface area (Å²) in [6, 6.07) is 11.8. The molecular weight excluding hydrogens is 379 g/mol. The molecule has 0 unspecified atom stereocenters. The highest BCUT2D eigenvalue weighted by atomic mass is 35.5. The van der Waals surface area contributed by atoms with Crippen LogP contribution in [0.15, 0.2) is 48.5 Å². The summed E-state index contributed by atoms with van der Waals surface area (Å²) in [4.78, 5) is 12.1. The average Bonchev–Trinajstić information content (AvgIpc) is 3.14. The predicted molar refractivity (Wildman–Crippen MR) is 99.6 cm³/mol. The quantitative estimate of drug-likeness (QED) is 0.728. The first-order valence-corrected chi connectivity index (χ1v) is 8.62. The lowest BCUT2D eigenvalue weighted by atomic mass is 10.0. The molecule has 1 fully saturated rings. The molecule has 0 amide bonds. The van der Waals surface area contributed by atoms with Crippen LogP contribution in [-0.2, 0) is 17.4 Å². The van der Waals surface area contributed by atoms with E-state index < -0.39 is 11.7 Å². The fourth-order valence-corrected chi connectivity index (χ4v) is 3.01. The molecule has 0 aromatic heterocycles. The molecule has 1 aliphatic heterocycles. The fourth-order valence-electron chi connectivity index (χ4n) is 3.01. The summed E-state index contributed by atoms with van der Waals surface area (Å²) in [5.74, 6) is 1.09. The molecule has 2 aromatic rings. The predicted octanol–water partition coefficient (Wildman–Crippen LogP) is 5.17. The van der Waals surface area contributed by atoms with Crippen molar-refractivity contribution in [3.05, 3.63) is 59.7 Å². The zero-order valence-corrected chi connectivity index (χ0v) is 15.4. The zero-order valence-electron chi connectivity index (χ0n) is 14.6. The van der Waals surface area contributed by atoms with Crippen molar-refractivity contribution >= 4 is 18.2 Å². The number of ketones is 1. The molecule has 0 spiro atoms. The highest BCUT2D eigenvalue weighted by Gasteiger charge is 2.30. The van der Waals surface area contributed by atoms with Gasteiger partial charge in [-0.15, -0.1) is 12.4 Å². The van der Waals surface area contributed by atoms with Gasteiger partial charge >= 0.3 is 6.18 Å². The number of carbonyl (C=O) groups is 1. The highest BCUT2D eigenvalue weighted by molar-refractivity contribution is 5.85. The molecule has 1 saturated heterocycles. The second kappa shape index (κ2) is 9.24. The van der Waals surface area contributed by atoms with E-state index in [2.05, 4.69) is 5.32 Å². The number of hydrogen-bond acceptors (Lipinski definition) is 3. The van der Waals surface area contributed by atoms with E-state index in [9.17, 15) is 18.0 Å². The Balaban J connectivity index is 0.00000261. The Bertz CT molecular complexity index is 757. The molecule has 0 saturated carbocycles. The maximum atomic E-state index is 12.6. The fraction of sp³-hybridized carbons (Fsp3) is 0.350. The summed E-state index contributed by atoms with van der Waals surface area (Å²) in [6.07, 6.45) is -1.36. The second-order valence-electron chi connectivity index (χ2n) is 6.39. The second-order valence-corrected chi connectivity index (χ2v) is 6.39. The number of nitrogens with one attached hydrogen (secondary N) is 1. The summed E-state index contributed by atoms with van der Waals surface area (Å²) in [5.41, 5.74) is 0.249. The summed E-state index contributed by atoms with van der Waals surface area (Å²) in [6.45, 7) is 0.896. The number of halogens is 4. The third-order valence-electron chi connectivity index (χ3n) is 4.42. The van der Waals surface area contributed by atoms with Crippen LogP contribution >= 0.6 is 12.4 Å². The molecule has 2 aromatic carbocycles. The minimum absolute atomic E-state index is 0. The highest BCUT2D eigenvalue weighted by Crippen LogP contribution is 2.31. The van der Waals surface area contributed by atoms with Crippen molar-refractivity contribution in [2.75, 3.05) is 6.54 Å². The van der Waals surface area contributed by atoms with Crippen LogP contribution in [0.3, 0.4) is 0 Å². The number of ether oxygens (including phenoxy) is 1. The number of alkyl halides is 3. The average molecular weight is 400 g/mol. The van der Waals surface area contributed by atoms with E-state index >= 15 is 0 Å². The van der Waals surface area contributed by atoms with Gasteiger partial charge in [0.05, 0.1) is 11.6 Å². The first-order valence-electron chi connectivity index (χ1n) is 8.62. The Kier molecular flexibility index (Phi) is 7.27. The smallest absolute Gasteiger partial charge is 0.416 e. The monoisotopic (exact) mass is 399 g/mol. The maximum Gasteiger partial charge on any atom is 0.416 e. The Morgan fingerprint density at radius 2 is 1.85 bits per heavy atom. The van der Waals surface area contributed by atoms with Gasteiger partial charge < -0.3 is 10.1 Å². The molecule has 7 heteroatoms. The van der Waals surface area contributed by atoms with Gasteiger partial charge in [0.2, 0.25) is 0 Å². The van der Waals surface area contributed by atoms with Crippen LogP contribution < -0.4 is 10.1 Å². The molecule has 27 heavy (non-hydrogen) atoms. The van der Waals surface area contributed by atoms with Crippen molar-refractivity contribution in [1.29, 1.82) is 0 Å². The Morgan fingerprint density at radius 1 is 1.11 bits per heavy atom. The molecule has 0 aliphatic carbocycles. The molecule has 3 rings (SSSR count). The standard InChI is InChI=1S/C20H20F3NO2.ClH/c21-20(22,23)15-7-9-16(10-8-15)26-17-4-1-3-14(13-17)6-11-19(25)18-5-2-12-24-18;/h1,3-4,7-10,13,18,24H,2,5-6,11-12H2;1H/t18-;/m0./s1. The van der Waals surface area contributed by atoms with Gasteiger partial charge in [0.15, 0.2) is 0 Å². The van der Waals surface area contributed by atoms with E-state index in [1.807, 2.05) is 18.2 Å². The molecule has 146 valence electrons. The number of hydrogen-bond donors (Lipinski definition) is 1. The van der Waals surface area contributed by atoms with Gasteiger partial charge in [-0.3, -0.25) is 4.79 Å². The Hall–Kier alpha value is -2.05. The van der Waals surface area contributed by atoms with E-state index in [1.54, 1.807) is 6.07 Å². The topological polar surface area (TPSA) is 38.3 Å². The van der Waals surface area contributed by atoms with Crippen molar-refractivity contribution in [3.8, 4) is 11.5 Å². The number of Topliss-reactive ketones (excluding diaryl/α,β-unsaturated/α-hetero) is 1. The van der Waals surface area contributed by atoms with Crippen LogP contribution in [-0.4, -0.2) is 18.4 Å². The van der Waals surface area contributed by atoms with Crippen LogP contribution in [0.1, 0.15) is 30.4 Å². The molecule has 0 bridgehead atoms. The van der Waals surface area contributed by atoms with E-state index in [0.717, 1.165) is 37.1 Å². The summed E-state index contributed by atoms with van der Waals surface area (Å²) in [5, 5.41) is 3.20. The van der Waals surface area contributed by atoms with Crippen molar-refractivity contribution in [1.82, 2.24) is 5.32 Å². The summed E-state index contributed by atoms with van der Waals surface area (Å²) in [7, 11) is 0. The number of carbonyl (C=O) groups excluding carboxylic acids is 1. The van der Waals surface area contributed by atoms with E-state index in [4.69, 9.17) is 4.74 Å². The van der Waals surface area contributed by atoms with Crippen LogP contribution in [0.4, 0.5) is 13.2 Å². The van der Waals surface area contributed by atoms with Crippen LogP contribution in [0, 0.1) is 0 Å². The first kappa shape index (κ1) is 21.3. The van der Waals surface area contributed by atoms with Crippen LogP contribution in [0.25, 0.3) is 0 Å². The van der Waals surface area contributed by atoms with Gasteiger partial charge in [-0.25, -0.2) is 0 Å². The van der Waals surface area contributed by atoms with Gasteiger partial charge in [-0.2, -0.15) is 13.2 Å². The molecular formula is C20H21ClF3NO2. The number of rotatable bonds is 6. The first-order chi connectivity index (χ1) is 12.4. The summed E-state index contributed by atoms with van der Waals surface area (Å²) < 4.78 is 43.4. The number of aryl methyl sites for hydroxylation is 1. The van der Waals surface area contributed by atoms with Crippen LogP contribution in [0.5, 0.6) is 11.5 Å². The Morgan fingerprint density at radius 3 is 2.48 bits per heavy atom. The molecule has 3 nitrogen and oxygen atoms in total. The SMILES string of the molecule is Cl.O=C(CCc1cccc(Oc2ccc(C(F)(F)F)cc2)c1)[C@@H]1CCCN1. The lowest BCUT2D eigenvalue weighted by Crippen LogP contribution is -2.30. The largest absolute Gasteiger partial charge is 0.457 e. The van der Waals surface area contributed by atoms with Crippen molar-refractivity contribution in [2.24, 2.45) is 0 Å². The molecule has 1 heterocycles. The minimum Gasteiger partial charge on any atom is -0.457 e. The van der Waals surface area contributed by atoms with Crippen molar-refractivity contribution in [2.45, 2.75) is 37.9 Å². The minimum atomic E-state index is -4.36. The summed E-state index contributed by atoms with van der Waals surface area (Å²) >= 11 is 0. The van der Waals surface area contributed by atoms with E-state index in [-0.39, 0.29) is 24.2 Å².